The van der Waals surface area contributed by atoms with Crippen LogP contribution in [0.25, 0.3) is 0 Å². The largest absolute Gasteiger partial charge is 0.484 e. The summed E-state index contributed by atoms with van der Waals surface area (Å²) in [6, 6.07) is 13.8. The molecule has 140 valence electrons. The van der Waals surface area contributed by atoms with E-state index in [-0.39, 0.29) is 24.3 Å². The van der Waals surface area contributed by atoms with Crippen LogP contribution in [0.5, 0.6) is 5.75 Å². The summed E-state index contributed by atoms with van der Waals surface area (Å²) in [6.07, 6.45) is 1.41. The highest BCUT2D eigenvalue weighted by Crippen LogP contribution is 2.25. The molecule has 7 nitrogen and oxygen atoms in total. The van der Waals surface area contributed by atoms with Gasteiger partial charge < -0.3 is 20.3 Å². The fourth-order valence-electron chi connectivity index (χ4n) is 2.89. The van der Waals surface area contributed by atoms with Crippen molar-refractivity contribution >= 4 is 29.1 Å². The highest BCUT2D eigenvalue weighted by molar-refractivity contribution is 5.97. The summed E-state index contributed by atoms with van der Waals surface area (Å²) in [5, 5.41) is 5.24. The molecular formula is C20H21N3O4. The Labute approximate surface area is 157 Å². The molecule has 0 unspecified atom stereocenters. The van der Waals surface area contributed by atoms with Crippen LogP contribution in [0.3, 0.4) is 0 Å². The molecule has 1 heterocycles. The zero-order valence-corrected chi connectivity index (χ0v) is 15.0. The summed E-state index contributed by atoms with van der Waals surface area (Å²) in [6.45, 7) is 0.520. The molecular weight excluding hydrogens is 346 g/mol. The molecule has 1 aliphatic rings. The summed E-state index contributed by atoms with van der Waals surface area (Å²) in [5.74, 6) is 0.0460. The third kappa shape index (κ3) is 4.63. The van der Waals surface area contributed by atoms with Crippen LogP contribution < -0.4 is 20.3 Å². The number of benzene rings is 2. The first-order chi connectivity index (χ1) is 13.1. The molecule has 2 aromatic carbocycles. The van der Waals surface area contributed by atoms with Crippen molar-refractivity contribution in [2.75, 3.05) is 30.4 Å². The molecule has 0 atom stereocenters. The molecule has 0 aromatic heterocycles. The molecule has 1 saturated heterocycles. The number of nitrogens with zero attached hydrogens (tertiary/aromatic N) is 1. The van der Waals surface area contributed by atoms with Crippen LogP contribution in [-0.2, 0) is 9.59 Å². The van der Waals surface area contributed by atoms with Gasteiger partial charge in [0.2, 0.25) is 5.91 Å². The van der Waals surface area contributed by atoms with E-state index in [1.165, 1.54) is 0 Å². The van der Waals surface area contributed by atoms with Gasteiger partial charge in [0, 0.05) is 43.0 Å². The van der Waals surface area contributed by atoms with E-state index in [0.29, 0.717) is 30.0 Å². The predicted molar refractivity (Wildman–Crippen MR) is 102 cm³/mol. The lowest BCUT2D eigenvalue weighted by molar-refractivity contribution is -0.118. The van der Waals surface area contributed by atoms with Gasteiger partial charge in [-0.05, 0) is 36.8 Å². The highest BCUT2D eigenvalue weighted by Gasteiger charge is 2.21. The van der Waals surface area contributed by atoms with Gasteiger partial charge in [-0.25, -0.2) is 0 Å². The topological polar surface area (TPSA) is 87.7 Å². The molecule has 1 aliphatic heterocycles. The summed E-state index contributed by atoms with van der Waals surface area (Å²) in [4.78, 5) is 37.3. The van der Waals surface area contributed by atoms with Gasteiger partial charge in [-0.15, -0.1) is 0 Å². The first kappa shape index (κ1) is 18.4. The Morgan fingerprint density at radius 3 is 2.70 bits per heavy atom. The number of rotatable bonds is 6. The Hall–Kier alpha value is -3.35. The van der Waals surface area contributed by atoms with Crippen LogP contribution in [0.2, 0.25) is 0 Å². The van der Waals surface area contributed by atoms with Crippen LogP contribution in [-0.4, -0.2) is 37.9 Å². The maximum absolute atomic E-state index is 12.1. The first-order valence-electron chi connectivity index (χ1n) is 8.72. The van der Waals surface area contributed by atoms with Crippen molar-refractivity contribution < 1.29 is 19.1 Å². The van der Waals surface area contributed by atoms with Crippen molar-refractivity contribution in [2.45, 2.75) is 12.8 Å². The van der Waals surface area contributed by atoms with Crippen LogP contribution in [0.1, 0.15) is 23.2 Å². The molecule has 0 bridgehead atoms. The van der Waals surface area contributed by atoms with E-state index in [4.69, 9.17) is 4.74 Å². The zero-order valence-electron chi connectivity index (χ0n) is 15.0. The number of nitrogens with one attached hydrogen (secondary N) is 2. The van der Waals surface area contributed by atoms with E-state index in [1.807, 2.05) is 6.07 Å². The number of ether oxygens (including phenoxy) is 1. The van der Waals surface area contributed by atoms with Gasteiger partial charge in [0.1, 0.15) is 5.75 Å². The van der Waals surface area contributed by atoms with E-state index < -0.39 is 0 Å². The van der Waals surface area contributed by atoms with Crippen molar-refractivity contribution in [1.29, 1.82) is 0 Å². The second-order valence-electron chi connectivity index (χ2n) is 6.14. The number of anilines is 2. The number of hydrogen-bond acceptors (Lipinski definition) is 4. The monoisotopic (exact) mass is 367 g/mol. The van der Waals surface area contributed by atoms with Gasteiger partial charge in [0.25, 0.3) is 11.8 Å². The standard InChI is InChI=1S/C20H21N3O4/c1-21-20(26)14-5-2-6-15(11-14)22-18(24)13-27-17-8-3-7-16(12-17)23-10-4-9-19(23)25/h2-3,5-8,11-12H,4,9-10,13H2,1H3,(H,21,26)(H,22,24). The second-order valence-corrected chi connectivity index (χ2v) is 6.14. The normalized spacial score (nSPS) is 13.4. The van der Waals surface area contributed by atoms with Crippen molar-refractivity contribution in [3.05, 3.63) is 54.1 Å². The van der Waals surface area contributed by atoms with Crippen molar-refractivity contribution in [2.24, 2.45) is 0 Å². The maximum atomic E-state index is 12.1. The molecule has 27 heavy (non-hydrogen) atoms. The first-order valence-corrected chi connectivity index (χ1v) is 8.72. The molecule has 3 amide bonds. The van der Waals surface area contributed by atoms with Gasteiger partial charge in [-0.1, -0.05) is 12.1 Å². The Morgan fingerprint density at radius 2 is 1.96 bits per heavy atom. The fraction of sp³-hybridized carbons (Fsp3) is 0.250. The molecule has 2 N–H and O–H groups in total. The number of amides is 3. The lowest BCUT2D eigenvalue weighted by Crippen LogP contribution is -2.24. The van der Waals surface area contributed by atoms with Crippen molar-refractivity contribution in [3.63, 3.8) is 0 Å². The summed E-state index contributed by atoms with van der Waals surface area (Å²) in [7, 11) is 1.55. The van der Waals surface area contributed by atoms with E-state index in [2.05, 4.69) is 10.6 Å². The molecule has 0 saturated carbocycles. The van der Waals surface area contributed by atoms with E-state index >= 15 is 0 Å². The molecule has 1 fully saturated rings. The summed E-state index contributed by atoms with van der Waals surface area (Å²) in [5.41, 5.74) is 1.74. The van der Waals surface area contributed by atoms with Crippen molar-refractivity contribution in [1.82, 2.24) is 5.32 Å². The van der Waals surface area contributed by atoms with Gasteiger partial charge in [-0.3, -0.25) is 14.4 Å². The van der Waals surface area contributed by atoms with E-state index in [0.717, 1.165) is 12.1 Å². The Morgan fingerprint density at radius 1 is 1.15 bits per heavy atom. The number of hydrogen-bond donors (Lipinski definition) is 2. The third-order valence-corrected chi connectivity index (χ3v) is 4.21. The summed E-state index contributed by atoms with van der Waals surface area (Å²) < 4.78 is 5.55. The molecule has 7 heteroatoms. The molecule has 0 radical (unpaired) electrons. The van der Waals surface area contributed by atoms with Crippen LogP contribution >= 0.6 is 0 Å². The Bertz CT molecular complexity index is 866. The van der Waals surface area contributed by atoms with Gasteiger partial charge in [-0.2, -0.15) is 0 Å². The number of carbonyl (C=O) groups is 3. The minimum absolute atomic E-state index is 0.0980. The Kier molecular flexibility index (Phi) is 5.71. The average Bonchev–Trinajstić information content (AvgIpc) is 3.12. The third-order valence-electron chi connectivity index (χ3n) is 4.21. The van der Waals surface area contributed by atoms with E-state index in [1.54, 1.807) is 54.4 Å². The lowest BCUT2D eigenvalue weighted by atomic mass is 10.2. The summed E-state index contributed by atoms with van der Waals surface area (Å²) >= 11 is 0. The van der Waals surface area contributed by atoms with Crippen molar-refractivity contribution in [3.8, 4) is 5.75 Å². The van der Waals surface area contributed by atoms with Gasteiger partial charge in [0.15, 0.2) is 6.61 Å². The lowest BCUT2D eigenvalue weighted by Gasteiger charge is -2.16. The van der Waals surface area contributed by atoms with Crippen LogP contribution in [0.4, 0.5) is 11.4 Å². The smallest absolute Gasteiger partial charge is 0.262 e. The Balaban J connectivity index is 1.58. The SMILES string of the molecule is CNC(=O)c1cccc(NC(=O)COc2cccc(N3CCCC3=O)c2)c1. The molecule has 0 spiro atoms. The highest BCUT2D eigenvalue weighted by atomic mass is 16.5. The average molecular weight is 367 g/mol. The quantitative estimate of drug-likeness (QED) is 0.819. The van der Waals surface area contributed by atoms with E-state index in [9.17, 15) is 14.4 Å². The fourth-order valence-corrected chi connectivity index (χ4v) is 2.89. The maximum Gasteiger partial charge on any atom is 0.262 e. The van der Waals surface area contributed by atoms with Gasteiger partial charge in [0.05, 0.1) is 0 Å². The minimum Gasteiger partial charge on any atom is -0.484 e. The molecule has 3 rings (SSSR count). The molecule has 2 aromatic rings. The zero-order chi connectivity index (χ0) is 19.2. The number of carbonyl (C=O) groups excluding carboxylic acids is 3. The van der Waals surface area contributed by atoms with Gasteiger partial charge >= 0.3 is 0 Å². The molecule has 0 aliphatic carbocycles. The predicted octanol–water partition coefficient (Wildman–Crippen LogP) is 2.19. The van der Waals surface area contributed by atoms with Crippen LogP contribution in [0.15, 0.2) is 48.5 Å². The van der Waals surface area contributed by atoms with Crippen LogP contribution in [0, 0.1) is 0 Å². The second kappa shape index (κ2) is 8.35. The minimum atomic E-state index is -0.341.